The quantitative estimate of drug-likeness (QED) is 0.616. The third-order valence-electron chi connectivity index (χ3n) is 3.96. The highest BCUT2D eigenvalue weighted by atomic mass is 32.1. The maximum Gasteiger partial charge on any atom is 0.336 e. The molecule has 2 amide bonds. The molecule has 0 saturated carbocycles. The van der Waals surface area contributed by atoms with Gasteiger partial charge < -0.3 is 15.7 Å². The Morgan fingerprint density at radius 3 is 2.26 bits per heavy atom. The standard InChI is InChI=1S/C20H16N2O4S/c1-12-15(20(25)26)4-2-5-16(12)22-18(23)13-7-9-14(10-8-13)21-19(24)17-6-3-11-27-17/h2-11H,1H3,(H,21,24)(H,22,23)(H,25,26). The second kappa shape index (κ2) is 7.84. The van der Waals surface area contributed by atoms with Gasteiger partial charge in [0.25, 0.3) is 11.8 Å². The summed E-state index contributed by atoms with van der Waals surface area (Å²) >= 11 is 1.35. The zero-order chi connectivity index (χ0) is 19.4. The van der Waals surface area contributed by atoms with E-state index in [2.05, 4.69) is 10.6 Å². The Balaban J connectivity index is 1.70. The van der Waals surface area contributed by atoms with E-state index in [1.165, 1.54) is 17.4 Å². The minimum Gasteiger partial charge on any atom is -0.478 e. The third-order valence-corrected chi connectivity index (χ3v) is 4.83. The SMILES string of the molecule is Cc1c(NC(=O)c2ccc(NC(=O)c3cccs3)cc2)cccc1C(=O)O. The fourth-order valence-corrected chi connectivity index (χ4v) is 3.12. The van der Waals surface area contributed by atoms with Crippen molar-refractivity contribution in [3.63, 3.8) is 0 Å². The molecule has 0 aliphatic heterocycles. The van der Waals surface area contributed by atoms with Crippen LogP contribution >= 0.6 is 11.3 Å². The summed E-state index contributed by atoms with van der Waals surface area (Å²) in [6.45, 7) is 1.64. The normalized spacial score (nSPS) is 10.3. The van der Waals surface area contributed by atoms with Crippen LogP contribution in [0, 0.1) is 6.92 Å². The van der Waals surface area contributed by atoms with Crippen LogP contribution in [-0.2, 0) is 0 Å². The summed E-state index contributed by atoms with van der Waals surface area (Å²) in [7, 11) is 0. The molecule has 0 spiro atoms. The minimum atomic E-state index is -1.05. The lowest BCUT2D eigenvalue weighted by Crippen LogP contribution is -2.14. The first kappa shape index (κ1) is 18.3. The molecule has 0 atom stereocenters. The molecule has 136 valence electrons. The minimum absolute atomic E-state index is 0.138. The predicted molar refractivity (Wildman–Crippen MR) is 105 cm³/mol. The lowest BCUT2D eigenvalue weighted by atomic mass is 10.1. The van der Waals surface area contributed by atoms with Gasteiger partial charge in [-0.25, -0.2) is 4.79 Å². The fraction of sp³-hybridized carbons (Fsp3) is 0.0500. The van der Waals surface area contributed by atoms with Gasteiger partial charge in [-0.1, -0.05) is 12.1 Å². The Morgan fingerprint density at radius 2 is 1.63 bits per heavy atom. The first-order valence-corrected chi connectivity index (χ1v) is 8.93. The molecule has 27 heavy (non-hydrogen) atoms. The lowest BCUT2D eigenvalue weighted by molar-refractivity contribution is 0.0695. The molecule has 1 heterocycles. The molecule has 3 aromatic rings. The Hall–Kier alpha value is -3.45. The van der Waals surface area contributed by atoms with Crippen molar-refractivity contribution >= 4 is 40.5 Å². The monoisotopic (exact) mass is 380 g/mol. The van der Waals surface area contributed by atoms with E-state index in [1.807, 2.05) is 5.38 Å². The summed E-state index contributed by atoms with van der Waals surface area (Å²) in [5, 5.41) is 16.5. The number of aromatic carboxylic acids is 1. The topological polar surface area (TPSA) is 95.5 Å². The number of hydrogen-bond acceptors (Lipinski definition) is 4. The van der Waals surface area contributed by atoms with Crippen LogP contribution in [0.1, 0.15) is 36.0 Å². The molecule has 6 nitrogen and oxygen atoms in total. The average molecular weight is 380 g/mol. The molecule has 7 heteroatoms. The first-order valence-electron chi connectivity index (χ1n) is 8.05. The van der Waals surface area contributed by atoms with Crippen LogP contribution in [0.2, 0.25) is 0 Å². The van der Waals surface area contributed by atoms with E-state index in [0.717, 1.165) is 0 Å². The van der Waals surface area contributed by atoms with E-state index < -0.39 is 5.97 Å². The molecule has 0 radical (unpaired) electrons. The van der Waals surface area contributed by atoms with Gasteiger partial charge in [-0.05, 0) is 60.3 Å². The number of nitrogens with one attached hydrogen (secondary N) is 2. The van der Waals surface area contributed by atoms with Crippen molar-refractivity contribution in [2.24, 2.45) is 0 Å². The molecule has 0 fully saturated rings. The number of carbonyl (C=O) groups is 3. The molecule has 0 unspecified atom stereocenters. The number of benzene rings is 2. The Kier molecular flexibility index (Phi) is 5.33. The van der Waals surface area contributed by atoms with Gasteiger partial charge in [-0.3, -0.25) is 9.59 Å². The maximum atomic E-state index is 12.4. The largest absolute Gasteiger partial charge is 0.478 e. The van der Waals surface area contributed by atoms with Gasteiger partial charge in [-0.2, -0.15) is 0 Å². The second-order valence-electron chi connectivity index (χ2n) is 5.75. The van der Waals surface area contributed by atoms with Crippen LogP contribution in [0.25, 0.3) is 0 Å². The Bertz CT molecular complexity index is 995. The molecular weight excluding hydrogens is 364 g/mol. The fourth-order valence-electron chi connectivity index (χ4n) is 2.50. The lowest BCUT2D eigenvalue weighted by Gasteiger charge is -2.11. The molecule has 1 aromatic heterocycles. The van der Waals surface area contributed by atoms with Crippen LogP contribution in [0.4, 0.5) is 11.4 Å². The van der Waals surface area contributed by atoms with E-state index in [9.17, 15) is 14.4 Å². The number of amides is 2. The summed E-state index contributed by atoms with van der Waals surface area (Å²) in [5.41, 5.74) is 2.03. The highest BCUT2D eigenvalue weighted by Crippen LogP contribution is 2.20. The zero-order valence-electron chi connectivity index (χ0n) is 14.4. The third kappa shape index (κ3) is 4.21. The molecule has 0 aliphatic carbocycles. The van der Waals surface area contributed by atoms with Crippen molar-refractivity contribution in [1.29, 1.82) is 0 Å². The number of anilines is 2. The van der Waals surface area contributed by atoms with Crippen molar-refractivity contribution in [1.82, 2.24) is 0 Å². The van der Waals surface area contributed by atoms with E-state index in [1.54, 1.807) is 55.5 Å². The number of thiophene rings is 1. The van der Waals surface area contributed by atoms with Crippen LogP contribution < -0.4 is 10.6 Å². The number of carboxylic acid groups (broad SMARTS) is 1. The molecular formula is C20H16N2O4S. The average Bonchev–Trinajstić information content (AvgIpc) is 3.18. The van der Waals surface area contributed by atoms with Crippen molar-refractivity contribution in [3.8, 4) is 0 Å². The second-order valence-corrected chi connectivity index (χ2v) is 6.69. The van der Waals surface area contributed by atoms with Crippen molar-refractivity contribution in [2.45, 2.75) is 6.92 Å². The maximum absolute atomic E-state index is 12.4. The van der Waals surface area contributed by atoms with E-state index in [4.69, 9.17) is 5.11 Å². The molecule has 0 bridgehead atoms. The van der Waals surface area contributed by atoms with Gasteiger partial charge in [-0.15, -0.1) is 11.3 Å². The van der Waals surface area contributed by atoms with Gasteiger partial charge in [0.05, 0.1) is 10.4 Å². The van der Waals surface area contributed by atoms with Crippen LogP contribution in [0.15, 0.2) is 60.0 Å². The van der Waals surface area contributed by atoms with Crippen molar-refractivity contribution in [2.75, 3.05) is 10.6 Å². The number of carboxylic acids is 1. The molecule has 3 rings (SSSR count). The predicted octanol–water partition coefficient (Wildman–Crippen LogP) is 4.26. The van der Waals surface area contributed by atoms with Crippen LogP contribution in [-0.4, -0.2) is 22.9 Å². The number of rotatable bonds is 5. The van der Waals surface area contributed by atoms with Gasteiger partial charge in [0.15, 0.2) is 0 Å². The summed E-state index contributed by atoms with van der Waals surface area (Å²) in [5.74, 6) is -1.62. The van der Waals surface area contributed by atoms with Crippen molar-refractivity contribution < 1.29 is 19.5 Å². The number of carbonyl (C=O) groups excluding carboxylic acids is 2. The summed E-state index contributed by atoms with van der Waals surface area (Å²) < 4.78 is 0. The molecule has 0 aliphatic rings. The summed E-state index contributed by atoms with van der Waals surface area (Å²) in [6, 6.07) is 14.7. The molecule has 0 saturated heterocycles. The summed E-state index contributed by atoms with van der Waals surface area (Å²) in [6.07, 6.45) is 0. The van der Waals surface area contributed by atoms with Gasteiger partial charge in [0, 0.05) is 16.9 Å². The van der Waals surface area contributed by atoms with E-state index in [-0.39, 0.29) is 17.4 Å². The van der Waals surface area contributed by atoms with Crippen LogP contribution in [0.5, 0.6) is 0 Å². The zero-order valence-corrected chi connectivity index (χ0v) is 15.2. The Labute approximate surface area is 159 Å². The van der Waals surface area contributed by atoms with E-state index in [0.29, 0.717) is 27.4 Å². The van der Waals surface area contributed by atoms with Crippen LogP contribution in [0.3, 0.4) is 0 Å². The first-order chi connectivity index (χ1) is 13.0. The number of hydrogen-bond donors (Lipinski definition) is 3. The Morgan fingerprint density at radius 1 is 0.889 bits per heavy atom. The molecule has 3 N–H and O–H groups in total. The highest BCUT2D eigenvalue weighted by molar-refractivity contribution is 7.12. The van der Waals surface area contributed by atoms with Gasteiger partial charge in [0.2, 0.25) is 0 Å². The van der Waals surface area contributed by atoms with Gasteiger partial charge >= 0.3 is 5.97 Å². The van der Waals surface area contributed by atoms with Gasteiger partial charge in [0.1, 0.15) is 0 Å². The highest BCUT2D eigenvalue weighted by Gasteiger charge is 2.13. The molecule has 2 aromatic carbocycles. The van der Waals surface area contributed by atoms with Crippen molar-refractivity contribution in [3.05, 3.63) is 81.5 Å². The van der Waals surface area contributed by atoms with E-state index >= 15 is 0 Å². The smallest absolute Gasteiger partial charge is 0.336 e. The summed E-state index contributed by atoms with van der Waals surface area (Å²) in [4.78, 5) is 36.3.